The number of aliphatic hydroxyl groups excluding tert-OH is 1. The lowest BCUT2D eigenvalue weighted by Gasteiger charge is -2.36. The van der Waals surface area contributed by atoms with Crippen molar-refractivity contribution < 1.29 is 19.0 Å². The fraction of sp³-hybridized carbons (Fsp3) is 0.588. The Hall–Kier alpha value is -1.46. The second kappa shape index (κ2) is 5.97. The van der Waals surface area contributed by atoms with Crippen LogP contribution in [0.1, 0.15) is 31.2 Å². The number of benzene rings is 1. The van der Waals surface area contributed by atoms with Gasteiger partial charge in [0, 0.05) is 17.6 Å². The molecule has 2 heterocycles. The van der Waals surface area contributed by atoms with Crippen LogP contribution in [0.2, 0.25) is 0 Å². The average Bonchev–Trinajstić information content (AvgIpc) is 2.76. The van der Waals surface area contributed by atoms with E-state index in [2.05, 4.69) is 11.9 Å². The second-order valence-corrected chi connectivity index (χ2v) is 6.37. The molecule has 22 heavy (non-hydrogen) atoms. The third-order valence-electron chi connectivity index (χ3n) is 5.10. The van der Waals surface area contributed by atoms with E-state index in [9.17, 15) is 14.3 Å². The lowest BCUT2D eigenvalue weighted by Crippen LogP contribution is -2.46. The first kappa shape index (κ1) is 15.4. The molecule has 4 nitrogen and oxygen atoms in total. The van der Waals surface area contributed by atoms with E-state index in [1.165, 1.54) is 12.1 Å². The van der Waals surface area contributed by atoms with Crippen molar-refractivity contribution in [2.45, 2.75) is 49.5 Å². The van der Waals surface area contributed by atoms with E-state index >= 15 is 0 Å². The second-order valence-electron chi connectivity index (χ2n) is 6.37. The molecule has 0 saturated carbocycles. The summed E-state index contributed by atoms with van der Waals surface area (Å²) in [5.74, 6) is -0.977. The van der Waals surface area contributed by atoms with Crippen LogP contribution in [0.25, 0.3) is 0 Å². The highest BCUT2D eigenvalue weighted by Crippen LogP contribution is 2.37. The summed E-state index contributed by atoms with van der Waals surface area (Å²) >= 11 is 0. The van der Waals surface area contributed by atoms with Crippen molar-refractivity contribution in [3.05, 3.63) is 35.9 Å². The van der Waals surface area contributed by atoms with Crippen LogP contribution in [0.4, 0.5) is 4.39 Å². The van der Waals surface area contributed by atoms with E-state index in [4.69, 9.17) is 4.74 Å². The lowest BCUT2D eigenvalue weighted by atomic mass is 9.96. The number of piperidine rings is 1. The summed E-state index contributed by atoms with van der Waals surface area (Å²) in [7, 11) is 2.09. The predicted octanol–water partition coefficient (Wildman–Crippen LogP) is 2.01. The SMILES string of the molecule is CN1[C@@H]2CC[C@H]1C[C@@H](OC(=O)C(F)(CO)c1ccccc1)C2. The molecular weight excluding hydrogens is 285 g/mol. The highest BCUT2D eigenvalue weighted by molar-refractivity contribution is 5.81. The summed E-state index contributed by atoms with van der Waals surface area (Å²) in [5, 5.41) is 9.41. The Labute approximate surface area is 129 Å². The molecule has 2 fully saturated rings. The van der Waals surface area contributed by atoms with Gasteiger partial charge in [0.1, 0.15) is 6.10 Å². The summed E-state index contributed by atoms with van der Waals surface area (Å²) in [6.07, 6.45) is 3.44. The summed E-state index contributed by atoms with van der Waals surface area (Å²) < 4.78 is 20.4. The molecule has 1 unspecified atom stereocenters. The van der Waals surface area contributed by atoms with Crippen molar-refractivity contribution in [2.75, 3.05) is 13.7 Å². The molecule has 0 aliphatic carbocycles. The minimum atomic E-state index is -2.48. The number of hydrogen-bond acceptors (Lipinski definition) is 4. The van der Waals surface area contributed by atoms with Gasteiger partial charge in [0.2, 0.25) is 0 Å². The van der Waals surface area contributed by atoms with Crippen LogP contribution in [0.5, 0.6) is 0 Å². The molecule has 2 aliphatic rings. The molecule has 2 saturated heterocycles. The zero-order chi connectivity index (χ0) is 15.7. The van der Waals surface area contributed by atoms with Gasteiger partial charge in [-0.05, 0) is 32.7 Å². The van der Waals surface area contributed by atoms with Crippen molar-refractivity contribution in [2.24, 2.45) is 0 Å². The normalized spacial score (nSPS) is 30.8. The van der Waals surface area contributed by atoms with Gasteiger partial charge in [-0.1, -0.05) is 30.3 Å². The fourth-order valence-electron chi connectivity index (χ4n) is 3.68. The molecule has 2 bridgehead atoms. The number of hydrogen-bond donors (Lipinski definition) is 1. The Bertz CT molecular complexity index is 524. The molecule has 3 rings (SSSR count). The quantitative estimate of drug-likeness (QED) is 0.865. The van der Waals surface area contributed by atoms with E-state index in [0.717, 1.165) is 25.7 Å². The molecule has 120 valence electrons. The van der Waals surface area contributed by atoms with E-state index in [1.54, 1.807) is 18.2 Å². The molecule has 5 heteroatoms. The van der Waals surface area contributed by atoms with Crippen LogP contribution in [-0.4, -0.2) is 47.8 Å². The van der Waals surface area contributed by atoms with Crippen LogP contribution >= 0.6 is 0 Å². The summed E-state index contributed by atoms with van der Waals surface area (Å²) in [4.78, 5) is 14.6. The van der Waals surface area contributed by atoms with Gasteiger partial charge in [0.05, 0.1) is 6.61 Å². The van der Waals surface area contributed by atoms with Crippen LogP contribution in [0.3, 0.4) is 0 Å². The van der Waals surface area contributed by atoms with E-state index < -0.39 is 18.2 Å². The topological polar surface area (TPSA) is 49.8 Å². The minimum absolute atomic E-state index is 0.137. The molecule has 0 spiro atoms. The van der Waals surface area contributed by atoms with Crippen molar-refractivity contribution in [3.8, 4) is 0 Å². The van der Waals surface area contributed by atoms with Crippen LogP contribution in [0, 0.1) is 0 Å². The van der Waals surface area contributed by atoms with Crippen molar-refractivity contribution in [1.82, 2.24) is 4.90 Å². The zero-order valence-electron chi connectivity index (χ0n) is 12.7. The minimum Gasteiger partial charge on any atom is -0.460 e. The molecule has 0 aromatic heterocycles. The van der Waals surface area contributed by atoms with Gasteiger partial charge in [0.15, 0.2) is 0 Å². The molecule has 1 N–H and O–H groups in total. The van der Waals surface area contributed by atoms with E-state index in [-0.39, 0.29) is 11.7 Å². The van der Waals surface area contributed by atoms with Crippen LogP contribution in [0.15, 0.2) is 30.3 Å². The lowest BCUT2D eigenvalue weighted by molar-refractivity contribution is -0.170. The van der Waals surface area contributed by atoms with Crippen molar-refractivity contribution in [3.63, 3.8) is 0 Å². The Morgan fingerprint density at radius 2 is 1.91 bits per heavy atom. The standard InChI is InChI=1S/C17H22FNO3/c1-19-13-7-8-14(19)10-15(9-13)22-16(21)17(18,11-20)12-5-3-2-4-6-12/h2-6,13-15,20H,7-11H2,1H3/t13-,14+,15+,17?. The third kappa shape index (κ3) is 2.63. The molecular formula is C17H22FNO3. The average molecular weight is 307 g/mol. The number of nitrogens with zero attached hydrogens (tertiary/aromatic N) is 1. The van der Waals surface area contributed by atoms with Crippen molar-refractivity contribution in [1.29, 1.82) is 0 Å². The molecule has 0 amide bonds. The zero-order valence-corrected chi connectivity index (χ0v) is 12.7. The maximum Gasteiger partial charge on any atom is 0.351 e. The number of halogens is 1. The van der Waals surface area contributed by atoms with Gasteiger partial charge < -0.3 is 14.7 Å². The monoisotopic (exact) mass is 307 g/mol. The van der Waals surface area contributed by atoms with Crippen LogP contribution in [-0.2, 0) is 15.2 Å². The van der Waals surface area contributed by atoms with Gasteiger partial charge in [-0.25, -0.2) is 9.18 Å². The first-order valence-corrected chi connectivity index (χ1v) is 7.83. The highest BCUT2D eigenvalue weighted by Gasteiger charge is 2.45. The summed E-state index contributed by atoms with van der Waals surface area (Å²) in [6.45, 7) is -0.907. The maximum atomic E-state index is 15.0. The number of carbonyl (C=O) groups is 1. The smallest absolute Gasteiger partial charge is 0.351 e. The molecule has 2 aliphatic heterocycles. The van der Waals surface area contributed by atoms with Gasteiger partial charge in [-0.15, -0.1) is 0 Å². The first-order valence-electron chi connectivity index (χ1n) is 7.83. The van der Waals surface area contributed by atoms with Crippen LogP contribution < -0.4 is 0 Å². The van der Waals surface area contributed by atoms with E-state index in [1.807, 2.05) is 0 Å². The van der Waals surface area contributed by atoms with Gasteiger partial charge in [0.25, 0.3) is 5.67 Å². The van der Waals surface area contributed by atoms with Gasteiger partial charge in [-0.3, -0.25) is 0 Å². The molecule has 0 radical (unpaired) electrons. The van der Waals surface area contributed by atoms with Crippen molar-refractivity contribution >= 4 is 5.97 Å². The molecule has 4 atom stereocenters. The number of alkyl halides is 1. The number of esters is 1. The molecule has 1 aromatic carbocycles. The Balaban J connectivity index is 1.71. The maximum absolute atomic E-state index is 15.0. The first-order chi connectivity index (χ1) is 10.5. The predicted molar refractivity (Wildman–Crippen MR) is 80.0 cm³/mol. The number of fused-ring (bicyclic) bond motifs is 2. The number of ether oxygens (including phenoxy) is 1. The summed E-state index contributed by atoms with van der Waals surface area (Å²) in [5.41, 5.74) is -2.35. The number of carbonyl (C=O) groups excluding carboxylic acids is 1. The number of aliphatic hydroxyl groups is 1. The molecule has 1 aromatic rings. The Morgan fingerprint density at radius 1 is 1.32 bits per heavy atom. The largest absolute Gasteiger partial charge is 0.460 e. The highest BCUT2D eigenvalue weighted by atomic mass is 19.1. The summed E-state index contributed by atoms with van der Waals surface area (Å²) in [6, 6.07) is 8.84. The van der Waals surface area contributed by atoms with E-state index in [0.29, 0.717) is 12.1 Å². The number of rotatable bonds is 4. The third-order valence-corrected chi connectivity index (χ3v) is 5.10. The van der Waals surface area contributed by atoms with Gasteiger partial charge >= 0.3 is 5.97 Å². The Kier molecular flexibility index (Phi) is 4.19. The van der Waals surface area contributed by atoms with Gasteiger partial charge in [-0.2, -0.15) is 0 Å². The fourth-order valence-corrected chi connectivity index (χ4v) is 3.68. The Morgan fingerprint density at radius 3 is 2.45 bits per heavy atom.